The Morgan fingerprint density at radius 2 is 2.20 bits per heavy atom. The van der Waals surface area contributed by atoms with Gasteiger partial charge in [-0.2, -0.15) is 0 Å². The summed E-state index contributed by atoms with van der Waals surface area (Å²) in [6.07, 6.45) is 7.26. The third kappa shape index (κ3) is 2.71. The van der Waals surface area contributed by atoms with Gasteiger partial charge in [-0.25, -0.2) is 0 Å². The van der Waals surface area contributed by atoms with Crippen LogP contribution in [0, 0.1) is 5.41 Å². The highest BCUT2D eigenvalue weighted by Crippen LogP contribution is 2.39. The van der Waals surface area contributed by atoms with Crippen molar-refractivity contribution in [3.05, 3.63) is 0 Å². The molecule has 0 bridgehead atoms. The normalized spacial score (nSPS) is 29.3. The van der Waals surface area contributed by atoms with Crippen LogP contribution >= 0.6 is 0 Å². The molecule has 2 rings (SSSR count). The van der Waals surface area contributed by atoms with Crippen LogP contribution in [0.4, 0.5) is 0 Å². The maximum absolute atomic E-state index is 11.8. The highest BCUT2D eigenvalue weighted by molar-refractivity contribution is 5.81. The van der Waals surface area contributed by atoms with E-state index in [1.54, 1.807) is 0 Å². The number of amides is 1. The summed E-state index contributed by atoms with van der Waals surface area (Å²) in [7, 11) is 0. The molecule has 0 spiro atoms. The minimum atomic E-state index is 0.0717. The molecule has 3 nitrogen and oxygen atoms in total. The molecule has 1 amide bonds. The maximum Gasteiger partial charge on any atom is 0.237 e. The van der Waals surface area contributed by atoms with Crippen LogP contribution in [0.15, 0.2) is 0 Å². The summed E-state index contributed by atoms with van der Waals surface area (Å²) in [4.78, 5) is 11.8. The van der Waals surface area contributed by atoms with E-state index >= 15 is 0 Å². The second kappa shape index (κ2) is 4.52. The average Bonchev–Trinajstić information content (AvgIpc) is 2.24. The van der Waals surface area contributed by atoms with E-state index in [9.17, 15) is 4.79 Å². The Kier molecular flexibility index (Phi) is 3.29. The zero-order valence-electron chi connectivity index (χ0n) is 9.64. The Morgan fingerprint density at radius 1 is 1.40 bits per heavy atom. The molecule has 2 N–H and O–H groups in total. The van der Waals surface area contributed by atoms with Gasteiger partial charge in [0.1, 0.15) is 0 Å². The van der Waals surface area contributed by atoms with Gasteiger partial charge in [-0.3, -0.25) is 4.79 Å². The molecule has 2 fully saturated rings. The van der Waals surface area contributed by atoms with Crippen molar-refractivity contribution in [2.24, 2.45) is 5.41 Å². The van der Waals surface area contributed by atoms with E-state index in [0.717, 1.165) is 19.5 Å². The average molecular weight is 210 g/mol. The molecule has 2 aliphatic rings. The summed E-state index contributed by atoms with van der Waals surface area (Å²) in [6, 6.07) is 0.0717. The largest absolute Gasteiger partial charge is 0.354 e. The summed E-state index contributed by atoms with van der Waals surface area (Å²) >= 11 is 0. The first-order valence-corrected chi connectivity index (χ1v) is 6.21. The molecule has 1 saturated heterocycles. The SMILES string of the molecule is CC1(CNC(=O)C2CCCCN2)CCC1. The minimum absolute atomic E-state index is 0.0717. The highest BCUT2D eigenvalue weighted by atomic mass is 16.2. The topological polar surface area (TPSA) is 41.1 Å². The molecule has 0 aromatic rings. The van der Waals surface area contributed by atoms with Gasteiger partial charge in [0, 0.05) is 6.54 Å². The van der Waals surface area contributed by atoms with Crippen LogP contribution in [0.3, 0.4) is 0 Å². The van der Waals surface area contributed by atoms with E-state index in [1.807, 2.05) is 0 Å². The molecule has 86 valence electrons. The third-order valence-electron chi connectivity index (χ3n) is 3.88. The molecule has 1 saturated carbocycles. The van der Waals surface area contributed by atoms with Gasteiger partial charge >= 0.3 is 0 Å². The van der Waals surface area contributed by atoms with Crippen molar-refractivity contribution >= 4 is 5.91 Å². The van der Waals surface area contributed by atoms with Gasteiger partial charge in [0.25, 0.3) is 0 Å². The number of hydrogen-bond acceptors (Lipinski definition) is 2. The quantitative estimate of drug-likeness (QED) is 0.740. The van der Waals surface area contributed by atoms with Gasteiger partial charge in [-0.15, -0.1) is 0 Å². The molecule has 1 atom stereocenters. The van der Waals surface area contributed by atoms with Crippen molar-refractivity contribution in [3.8, 4) is 0 Å². The van der Waals surface area contributed by atoms with Gasteiger partial charge in [0.05, 0.1) is 6.04 Å². The first-order valence-electron chi connectivity index (χ1n) is 6.21. The second-order valence-electron chi connectivity index (χ2n) is 5.38. The monoisotopic (exact) mass is 210 g/mol. The van der Waals surface area contributed by atoms with E-state index in [0.29, 0.717) is 5.41 Å². The van der Waals surface area contributed by atoms with Crippen LogP contribution in [0.1, 0.15) is 45.4 Å². The first-order chi connectivity index (χ1) is 7.20. The van der Waals surface area contributed by atoms with Gasteiger partial charge in [-0.1, -0.05) is 19.8 Å². The van der Waals surface area contributed by atoms with Crippen molar-refractivity contribution in [2.45, 2.75) is 51.5 Å². The van der Waals surface area contributed by atoms with E-state index in [4.69, 9.17) is 0 Å². The van der Waals surface area contributed by atoms with E-state index in [-0.39, 0.29) is 11.9 Å². The third-order valence-corrected chi connectivity index (χ3v) is 3.88. The Morgan fingerprint density at radius 3 is 2.73 bits per heavy atom. The Hall–Kier alpha value is -0.570. The lowest BCUT2D eigenvalue weighted by molar-refractivity contribution is -0.124. The van der Waals surface area contributed by atoms with E-state index in [1.165, 1.54) is 32.1 Å². The zero-order valence-corrected chi connectivity index (χ0v) is 9.64. The number of nitrogens with one attached hydrogen (secondary N) is 2. The Balaban J connectivity index is 1.71. The van der Waals surface area contributed by atoms with Crippen LogP contribution in [0.5, 0.6) is 0 Å². The summed E-state index contributed by atoms with van der Waals surface area (Å²) in [5.41, 5.74) is 0.393. The van der Waals surface area contributed by atoms with Crippen LogP contribution in [-0.2, 0) is 4.79 Å². The van der Waals surface area contributed by atoms with E-state index in [2.05, 4.69) is 17.6 Å². The summed E-state index contributed by atoms with van der Waals surface area (Å²) in [5, 5.41) is 6.37. The second-order valence-corrected chi connectivity index (χ2v) is 5.38. The molecule has 15 heavy (non-hydrogen) atoms. The minimum Gasteiger partial charge on any atom is -0.354 e. The fourth-order valence-electron chi connectivity index (χ4n) is 2.46. The fraction of sp³-hybridized carbons (Fsp3) is 0.917. The molecule has 1 heterocycles. The molecular formula is C12H22N2O. The number of hydrogen-bond donors (Lipinski definition) is 2. The molecule has 0 aromatic heterocycles. The number of carbonyl (C=O) groups is 1. The highest BCUT2D eigenvalue weighted by Gasteiger charge is 2.32. The molecule has 0 aromatic carbocycles. The Labute approximate surface area is 92.0 Å². The van der Waals surface area contributed by atoms with Crippen molar-refractivity contribution in [1.29, 1.82) is 0 Å². The Bertz CT molecular complexity index is 230. The van der Waals surface area contributed by atoms with Gasteiger partial charge in [-0.05, 0) is 37.6 Å². The predicted octanol–water partition coefficient (Wildman–Crippen LogP) is 1.43. The maximum atomic E-state index is 11.8. The van der Waals surface area contributed by atoms with Gasteiger partial charge in [0.2, 0.25) is 5.91 Å². The molecule has 1 aliphatic carbocycles. The molecule has 1 unspecified atom stereocenters. The number of carbonyl (C=O) groups excluding carboxylic acids is 1. The van der Waals surface area contributed by atoms with E-state index < -0.39 is 0 Å². The summed E-state index contributed by atoms with van der Waals surface area (Å²) in [6.45, 7) is 4.13. The zero-order chi connectivity index (χ0) is 10.7. The van der Waals surface area contributed by atoms with Crippen LogP contribution in [0.2, 0.25) is 0 Å². The fourth-order valence-corrected chi connectivity index (χ4v) is 2.46. The lowest BCUT2D eigenvalue weighted by atomic mass is 9.70. The number of rotatable bonds is 3. The van der Waals surface area contributed by atoms with Gasteiger partial charge < -0.3 is 10.6 Å². The smallest absolute Gasteiger partial charge is 0.237 e. The van der Waals surface area contributed by atoms with Crippen LogP contribution < -0.4 is 10.6 Å². The van der Waals surface area contributed by atoms with Crippen molar-refractivity contribution < 1.29 is 4.79 Å². The van der Waals surface area contributed by atoms with Crippen molar-refractivity contribution in [3.63, 3.8) is 0 Å². The molecule has 3 heteroatoms. The lowest BCUT2D eigenvalue weighted by Gasteiger charge is -2.38. The van der Waals surface area contributed by atoms with Crippen LogP contribution in [-0.4, -0.2) is 25.0 Å². The van der Waals surface area contributed by atoms with Gasteiger partial charge in [0.15, 0.2) is 0 Å². The first kappa shape index (κ1) is 10.9. The van der Waals surface area contributed by atoms with Crippen molar-refractivity contribution in [2.75, 3.05) is 13.1 Å². The summed E-state index contributed by atoms with van der Waals surface area (Å²) < 4.78 is 0. The molecule has 0 radical (unpaired) electrons. The number of piperidine rings is 1. The predicted molar refractivity (Wildman–Crippen MR) is 60.6 cm³/mol. The van der Waals surface area contributed by atoms with Crippen molar-refractivity contribution in [1.82, 2.24) is 10.6 Å². The lowest BCUT2D eigenvalue weighted by Crippen LogP contribution is -2.49. The summed E-state index contributed by atoms with van der Waals surface area (Å²) in [5.74, 6) is 0.211. The molecule has 1 aliphatic heterocycles. The van der Waals surface area contributed by atoms with Crippen LogP contribution in [0.25, 0.3) is 0 Å². The molecular weight excluding hydrogens is 188 g/mol. The standard InChI is InChI=1S/C12H22N2O/c1-12(6-4-7-12)9-14-11(15)10-5-2-3-8-13-10/h10,13H,2-9H2,1H3,(H,14,15).